The van der Waals surface area contributed by atoms with Crippen LogP contribution in [0.4, 0.5) is 0 Å². The zero-order valence-electron chi connectivity index (χ0n) is 11.6. The molecule has 2 rings (SSSR count). The normalized spacial score (nSPS) is 11.3. The van der Waals surface area contributed by atoms with Crippen molar-refractivity contribution in [1.29, 1.82) is 0 Å². The Morgan fingerprint density at radius 3 is 1.95 bits per heavy atom. The summed E-state index contributed by atoms with van der Waals surface area (Å²) in [7, 11) is 0. The molecule has 1 N–H and O–H groups in total. The summed E-state index contributed by atoms with van der Waals surface area (Å²) in [5, 5.41) is 10.3. The van der Waals surface area contributed by atoms with Crippen LogP contribution in [0.3, 0.4) is 0 Å². The molecule has 0 aliphatic heterocycles. The third kappa shape index (κ3) is 2.79. The number of hydrogen-bond donors (Lipinski definition) is 1. The Bertz CT molecular complexity index is 680. The number of carboxylic acids is 1. The molecule has 2 aromatic rings. The largest absolute Gasteiger partial charge is 0.478 e. The van der Waals surface area contributed by atoms with E-state index in [0.717, 1.165) is 0 Å². The fraction of sp³-hybridized carbons (Fsp3) is 0.250. The van der Waals surface area contributed by atoms with Gasteiger partial charge >= 0.3 is 11.9 Å². The zero-order valence-corrected chi connectivity index (χ0v) is 11.6. The summed E-state index contributed by atoms with van der Waals surface area (Å²) >= 11 is 0. The fourth-order valence-corrected chi connectivity index (χ4v) is 2.00. The van der Waals surface area contributed by atoms with Crippen LogP contribution >= 0.6 is 0 Å². The lowest BCUT2D eigenvalue weighted by atomic mass is 9.99. The SMILES string of the molecule is CC(C)(C)OC(=O)c1ccc(C(=O)O)c2ccccc12. The van der Waals surface area contributed by atoms with E-state index >= 15 is 0 Å². The van der Waals surface area contributed by atoms with Crippen LogP contribution in [0.5, 0.6) is 0 Å². The minimum absolute atomic E-state index is 0.174. The van der Waals surface area contributed by atoms with E-state index in [1.807, 2.05) is 0 Å². The lowest BCUT2D eigenvalue weighted by Gasteiger charge is -2.20. The molecular weight excluding hydrogens is 256 g/mol. The van der Waals surface area contributed by atoms with Crippen LogP contribution in [0, 0.1) is 0 Å². The van der Waals surface area contributed by atoms with Crippen molar-refractivity contribution in [1.82, 2.24) is 0 Å². The molecule has 0 atom stereocenters. The molecule has 0 aromatic heterocycles. The summed E-state index contributed by atoms with van der Waals surface area (Å²) in [6, 6.07) is 9.85. The third-order valence-corrected chi connectivity index (χ3v) is 2.77. The van der Waals surface area contributed by atoms with Crippen LogP contribution in [0.1, 0.15) is 41.5 Å². The molecule has 0 bridgehead atoms. The Hall–Kier alpha value is -2.36. The van der Waals surface area contributed by atoms with Crippen LogP contribution in [-0.4, -0.2) is 22.6 Å². The van der Waals surface area contributed by atoms with Crippen LogP contribution in [0.2, 0.25) is 0 Å². The Kier molecular flexibility index (Phi) is 3.49. The second kappa shape index (κ2) is 4.96. The summed E-state index contributed by atoms with van der Waals surface area (Å²) in [6.07, 6.45) is 0. The molecule has 0 radical (unpaired) electrons. The van der Waals surface area contributed by atoms with Gasteiger partial charge in [-0.1, -0.05) is 24.3 Å². The number of ether oxygens (including phenoxy) is 1. The first-order valence-electron chi connectivity index (χ1n) is 6.28. The van der Waals surface area contributed by atoms with E-state index in [0.29, 0.717) is 16.3 Å². The maximum atomic E-state index is 12.2. The zero-order chi connectivity index (χ0) is 14.9. The summed E-state index contributed by atoms with van der Waals surface area (Å²) < 4.78 is 5.35. The Labute approximate surface area is 117 Å². The molecule has 4 heteroatoms. The Morgan fingerprint density at radius 2 is 1.45 bits per heavy atom. The van der Waals surface area contributed by atoms with Crippen molar-refractivity contribution in [2.45, 2.75) is 26.4 Å². The molecule has 0 aliphatic rings. The number of rotatable bonds is 2. The number of benzene rings is 2. The Morgan fingerprint density at radius 1 is 0.950 bits per heavy atom. The van der Waals surface area contributed by atoms with Crippen molar-refractivity contribution >= 4 is 22.7 Å². The molecule has 0 saturated heterocycles. The summed E-state index contributed by atoms with van der Waals surface area (Å²) in [4.78, 5) is 23.4. The number of carboxylic acid groups (broad SMARTS) is 1. The molecule has 0 unspecified atom stereocenters. The van der Waals surface area contributed by atoms with Crippen molar-refractivity contribution in [3.63, 3.8) is 0 Å². The van der Waals surface area contributed by atoms with Crippen LogP contribution < -0.4 is 0 Å². The standard InChI is InChI=1S/C16H16O4/c1-16(2,3)20-15(19)13-9-8-12(14(17)18)10-6-4-5-7-11(10)13/h4-9H,1-3H3,(H,17,18). The molecule has 0 fully saturated rings. The molecule has 0 aliphatic carbocycles. The van der Waals surface area contributed by atoms with E-state index < -0.39 is 17.5 Å². The van der Waals surface area contributed by atoms with Crippen molar-refractivity contribution in [3.8, 4) is 0 Å². The van der Waals surface area contributed by atoms with Gasteiger partial charge in [-0.3, -0.25) is 0 Å². The molecule has 20 heavy (non-hydrogen) atoms. The summed E-state index contributed by atoms with van der Waals surface area (Å²) in [5.41, 5.74) is -0.0441. The van der Waals surface area contributed by atoms with Gasteiger partial charge in [0.05, 0.1) is 11.1 Å². The molecule has 4 nitrogen and oxygen atoms in total. The predicted molar refractivity (Wildman–Crippen MR) is 76.1 cm³/mol. The molecular formula is C16H16O4. The van der Waals surface area contributed by atoms with E-state index in [-0.39, 0.29) is 5.56 Å². The average molecular weight is 272 g/mol. The topological polar surface area (TPSA) is 63.6 Å². The number of aromatic carboxylic acids is 1. The molecule has 104 valence electrons. The monoisotopic (exact) mass is 272 g/mol. The van der Waals surface area contributed by atoms with Gasteiger partial charge in [0.1, 0.15) is 5.60 Å². The second-order valence-corrected chi connectivity index (χ2v) is 5.51. The molecule has 0 heterocycles. The van der Waals surface area contributed by atoms with Gasteiger partial charge in [0.25, 0.3) is 0 Å². The van der Waals surface area contributed by atoms with Crippen molar-refractivity contribution in [3.05, 3.63) is 47.5 Å². The molecule has 0 saturated carbocycles. The van der Waals surface area contributed by atoms with Gasteiger partial charge in [-0.25, -0.2) is 9.59 Å². The van der Waals surface area contributed by atoms with Crippen LogP contribution in [-0.2, 0) is 4.74 Å². The second-order valence-electron chi connectivity index (χ2n) is 5.51. The van der Waals surface area contributed by atoms with Gasteiger partial charge in [0, 0.05) is 0 Å². The minimum atomic E-state index is -1.02. The number of carbonyl (C=O) groups excluding carboxylic acids is 1. The summed E-state index contributed by atoms with van der Waals surface area (Å²) in [5.74, 6) is -1.47. The average Bonchev–Trinajstić information content (AvgIpc) is 2.35. The van der Waals surface area contributed by atoms with Gasteiger partial charge in [-0.2, -0.15) is 0 Å². The van der Waals surface area contributed by atoms with E-state index in [9.17, 15) is 14.7 Å². The van der Waals surface area contributed by atoms with Crippen molar-refractivity contribution < 1.29 is 19.4 Å². The first-order chi connectivity index (χ1) is 9.29. The van der Waals surface area contributed by atoms with Crippen molar-refractivity contribution in [2.75, 3.05) is 0 Å². The third-order valence-electron chi connectivity index (χ3n) is 2.77. The Balaban J connectivity index is 2.59. The fourth-order valence-electron chi connectivity index (χ4n) is 2.00. The number of hydrogen-bond acceptors (Lipinski definition) is 3. The summed E-state index contributed by atoms with van der Waals surface area (Å²) in [6.45, 7) is 5.37. The minimum Gasteiger partial charge on any atom is -0.478 e. The van der Waals surface area contributed by atoms with Gasteiger partial charge in [0.2, 0.25) is 0 Å². The van der Waals surface area contributed by atoms with E-state index in [1.165, 1.54) is 12.1 Å². The maximum Gasteiger partial charge on any atom is 0.339 e. The van der Waals surface area contributed by atoms with E-state index in [4.69, 9.17) is 4.74 Å². The first kappa shape index (κ1) is 14.1. The highest BCUT2D eigenvalue weighted by Crippen LogP contribution is 2.25. The van der Waals surface area contributed by atoms with Gasteiger partial charge in [-0.05, 0) is 43.7 Å². The van der Waals surface area contributed by atoms with Gasteiger partial charge in [-0.15, -0.1) is 0 Å². The first-order valence-corrected chi connectivity index (χ1v) is 6.28. The highest BCUT2D eigenvalue weighted by Gasteiger charge is 2.21. The maximum absolute atomic E-state index is 12.2. The van der Waals surface area contributed by atoms with E-state index in [1.54, 1.807) is 45.0 Å². The number of fused-ring (bicyclic) bond motifs is 1. The highest BCUT2D eigenvalue weighted by molar-refractivity contribution is 6.11. The van der Waals surface area contributed by atoms with Crippen molar-refractivity contribution in [2.24, 2.45) is 0 Å². The molecule has 0 amide bonds. The number of esters is 1. The van der Waals surface area contributed by atoms with Gasteiger partial charge < -0.3 is 9.84 Å². The molecule has 0 spiro atoms. The quantitative estimate of drug-likeness (QED) is 0.850. The van der Waals surface area contributed by atoms with E-state index in [2.05, 4.69) is 0 Å². The molecule has 2 aromatic carbocycles. The van der Waals surface area contributed by atoms with Crippen LogP contribution in [0.15, 0.2) is 36.4 Å². The lowest BCUT2D eigenvalue weighted by Crippen LogP contribution is -2.24. The lowest BCUT2D eigenvalue weighted by molar-refractivity contribution is 0.00715. The smallest absolute Gasteiger partial charge is 0.339 e. The van der Waals surface area contributed by atoms with Crippen LogP contribution in [0.25, 0.3) is 10.8 Å². The predicted octanol–water partition coefficient (Wildman–Crippen LogP) is 3.49. The number of carbonyl (C=O) groups is 2. The van der Waals surface area contributed by atoms with Gasteiger partial charge in [0.15, 0.2) is 0 Å². The highest BCUT2D eigenvalue weighted by atomic mass is 16.6.